The lowest BCUT2D eigenvalue weighted by Gasteiger charge is -2.39. The first-order valence-electron chi connectivity index (χ1n) is 12.3. The van der Waals surface area contributed by atoms with Crippen molar-refractivity contribution in [1.29, 1.82) is 0 Å². The molecule has 1 aromatic carbocycles. The average molecular weight is 550 g/mol. The van der Waals surface area contributed by atoms with Gasteiger partial charge in [-0.3, -0.25) is 19.8 Å². The molecule has 1 aliphatic rings. The van der Waals surface area contributed by atoms with Crippen LogP contribution in [0.2, 0.25) is 0 Å². The Balaban J connectivity index is 2.56. The number of non-ortho nitro benzene ring substituents is 1. The number of esters is 3. The molecule has 1 aliphatic heterocycles. The summed E-state index contributed by atoms with van der Waals surface area (Å²) in [4.78, 5) is 52.0. The number of ether oxygens (including phenoxy) is 3. The Morgan fingerprint density at radius 1 is 1.13 bits per heavy atom. The van der Waals surface area contributed by atoms with Gasteiger partial charge in [-0.25, -0.2) is 9.59 Å². The van der Waals surface area contributed by atoms with Crippen LogP contribution in [0.5, 0.6) is 0 Å². The first-order chi connectivity index (χ1) is 18.5. The molecule has 0 saturated heterocycles. The van der Waals surface area contributed by atoms with Gasteiger partial charge in [0.05, 0.1) is 62.1 Å². The minimum atomic E-state index is -1.09. The van der Waals surface area contributed by atoms with Crippen molar-refractivity contribution >= 4 is 23.6 Å². The molecular weight excluding hydrogens is 514 g/mol. The van der Waals surface area contributed by atoms with Crippen molar-refractivity contribution < 1.29 is 43.7 Å². The first kappa shape index (κ1) is 31.4. The molecule has 1 heterocycles. The summed E-state index contributed by atoms with van der Waals surface area (Å²) in [6, 6.07) is 5.60. The molecule has 0 radical (unpaired) electrons. The number of hydrogen-bond donors (Lipinski definition) is 2. The zero-order valence-corrected chi connectivity index (χ0v) is 22.7. The van der Waals surface area contributed by atoms with E-state index in [1.165, 1.54) is 37.3 Å². The highest BCUT2D eigenvalue weighted by Gasteiger charge is 2.41. The summed E-state index contributed by atoms with van der Waals surface area (Å²) in [6.45, 7) is 4.68. The van der Waals surface area contributed by atoms with E-state index < -0.39 is 34.9 Å². The van der Waals surface area contributed by atoms with Gasteiger partial charge in [-0.2, -0.15) is 0 Å². The lowest BCUT2D eigenvalue weighted by Crippen LogP contribution is -2.44. The number of nitrogens with zero attached hydrogens (tertiary/aromatic N) is 3. The van der Waals surface area contributed by atoms with Gasteiger partial charge in [0.1, 0.15) is 0 Å². The van der Waals surface area contributed by atoms with Crippen LogP contribution in [0, 0.1) is 10.1 Å². The fourth-order valence-electron chi connectivity index (χ4n) is 4.61. The van der Waals surface area contributed by atoms with Crippen molar-refractivity contribution in [2.45, 2.75) is 32.8 Å². The van der Waals surface area contributed by atoms with E-state index in [0.717, 1.165) is 0 Å². The Morgan fingerprint density at radius 2 is 1.72 bits per heavy atom. The highest BCUT2D eigenvalue weighted by molar-refractivity contribution is 5.99. The Labute approximate surface area is 226 Å². The standard InChI is InChI=1S/C26H35N3O10/c1-6-39-21(32)15-27(10-11-30)13-20(31)14-28-16(2)22(25(33)37-4)24(23(17(28)3)26(34)38-5)18-8-7-9-19(12-18)29(35)36/h7-9,12,20,24,30-31H,6,10-11,13-15H2,1-5H3. The highest BCUT2D eigenvalue weighted by Crippen LogP contribution is 2.43. The Morgan fingerprint density at radius 3 is 2.21 bits per heavy atom. The van der Waals surface area contributed by atoms with Crippen LogP contribution >= 0.6 is 0 Å². The number of benzene rings is 1. The van der Waals surface area contributed by atoms with Crippen molar-refractivity contribution in [3.05, 3.63) is 62.5 Å². The first-order valence-corrected chi connectivity index (χ1v) is 12.3. The lowest BCUT2D eigenvalue weighted by molar-refractivity contribution is -0.384. The molecule has 39 heavy (non-hydrogen) atoms. The summed E-state index contributed by atoms with van der Waals surface area (Å²) in [5.41, 5.74) is 0.917. The van der Waals surface area contributed by atoms with Crippen LogP contribution in [0.4, 0.5) is 5.69 Å². The predicted molar refractivity (Wildman–Crippen MR) is 138 cm³/mol. The number of hydrogen-bond acceptors (Lipinski definition) is 12. The molecule has 1 atom stereocenters. The molecule has 214 valence electrons. The number of nitro benzene ring substituents is 1. The van der Waals surface area contributed by atoms with Gasteiger partial charge in [0.2, 0.25) is 0 Å². The zero-order valence-electron chi connectivity index (χ0n) is 22.7. The fraction of sp³-hybridized carbons (Fsp3) is 0.500. The maximum Gasteiger partial charge on any atom is 0.336 e. The van der Waals surface area contributed by atoms with Crippen molar-refractivity contribution in [2.24, 2.45) is 0 Å². The molecule has 13 nitrogen and oxygen atoms in total. The second kappa shape index (κ2) is 14.4. The third kappa shape index (κ3) is 7.62. The second-order valence-electron chi connectivity index (χ2n) is 8.79. The molecule has 1 unspecified atom stereocenters. The fourth-order valence-corrected chi connectivity index (χ4v) is 4.61. The van der Waals surface area contributed by atoms with Gasteiger partial charge >= 0.3 is 17.9 Å². The number of allylic oxidation sites excluding steroid dienone is 2. The van der Waals surface area contributed by atoms with E-state index in [1.807, 2.05) is 0 Å². The molecule has 2 rings (SSSR count). The monoisotopic (exact) mass is 549 g/mol. The third-order valence-corrected chi connectivity index (χ3v) is 6.33. The van der Waals surface area contributed by atoms with Crippen LogP contribution in [-0.4, -0.2) is 103 Å². The number of aliphatic hydroxyl groups excluding tert-OH is 2. The van der Waals surface area contributed by atoms with Crippen molar-refractivity contribution in [3.63, 3.8) is 0 Å². The molecule has 0 spiro atoms. The molecule has 0 aliphatic carbocycles. The zero-order chi connectivity index (χ0) is 29.3. The summed E-state index contributed by atoms with van der Waals surface area (Å²) in [5.74, 6) is -3.07. The quantitative estimate of drug-likeness (QED) is 0.156. The second-order valence-corrected chi connectivity index (χ2v) is 8.79. The Bertz CT molecular complexity index is 1110. The molecule has 13 heteroatoms. The number of β-amino-alcohol motifs (C(OH)–C–C–N with tert-alkyl or cyclic N) is 1. The highest BCUT2D eigenvalue weighted by atomic mass is 16.6. The average Bonchev–Trinajstić information content (AvgIpc) is 2.90. The van der Waals surface area contributed by atoms with Crippen LogP contribution in [0.1, 0.15) is 32.3 Å². The van der Waals surface area contributed by atoms with E-state index in [2.05, 4.69) is 0 Å². The maximum absolute atomic E-state index is 13.1. The minimum absolute atomic E-state index is 0.0220. The van der Waals surface area contributed by atoms with E-state index in [4.69, 9.17) is 14.2 Å². The predicted octanol–water partition coefficient (Wildman–Crippen LogP) is 1.11. The molecule has 0 bridgehead atoms. The number of methoxy groups -OCH3 is 2. The number of aliphatic hydroxyl groups is 2. The van der Waals surface area contributed by atoms with Gasteiger partial charge in [-0.15, -0.1) is 0 Å². The van der Waals surface area contributed by atoms with E-state index in [0.29, 0.717) is 17.0 Å². The van der Waals surface area contributed by atoms with Gasteiger partial charge in [0.25, 0.3) is 5.69 Å². The summed E-state index contributed by atoms with van der Waals surface area (Å²) in [5, 5.41) is 31.8. The van der Waals surface area contributed by atoms with E-state index in [-0.39, 0.29) is 56.2 Å². The van der Waals surface area contributed by atoms with Gasteiger partial charge in [0, 0.05) is 43.2 Å². The topological polar surface area (TPSA) is 169 Å². The number of carbonyl (C=O) groups excluding carboxylic acids is 3. The van der Waals surface area contributed by atoms with Gasteiger partial charge in [-0.05, 0) is 26.3 Å². The minimum Gasteiger partial charge on any atom is -0.466 e. The molecule has 1 aromatic rings. The van der Waals surface area contributed by atoms with Crippen LogP contribution in [0.15, 0.2) is 46.8 Å². The summed E-state index contributed by atoms with van der Waals surface area (Å²) in [6.07, 6.45) is -1.09. The summed E-state index contributed by atoms with van der Waals surface area (Å²) in [7, 11) is 2.36. The molecule has 0 fully saturated rings. The van der Waals surface area contributed by atoms with Crippen molar-refractivity contribution in [3.8, 4) is 0 Å². The van der Waals surface area contributed by atoms with E-state index in [1.54, 1.807) is 31.7 Å². The largest absolute Gasteiger partial charge is 0.466 e. The van der Waals surface area contributed by atoms with Crippen LogP contribution in [-0.2, 0) is 28.6 Å². The maximum atomic E-state index is 13.1. The summed E-state index contributed by atoms with van der Waals surface area (Å²) >= 11 is 0. The Hall–Kier alpha value is -3.81. The van der Waals surface area contributed by atoms with E-state index >= 15 is 0 Å². The summed E-state index contributed by atoms with van der Waals surface area (Å²) < 4.78 is 15.0. The van der Waals surface area contributed by atoms with E-state index in [9.17, 15) is 34.7 Å². The van der Waals surface area contributed by atoms with Crippen LogP contribution in [0.3, 0.4) is 0 Å². The normalized spacial score (nSPS) is 14.9. The number of nitro groups is 1. The van der Waals surface area contributed by atoms with Crippen LogP contribution < -0.4 is 0 Å². The number of rotatable bonds is 13. The number of carbonyl (C=O) groups is 3. The van der Waals surface area contributed by atoms with Crippen LogP contribution in [0.25, 0.3) is 0 Å². The SMILES string of the molecule is CCOC(=O)CN(CCO)CC(O)CN1C(C)=C(C(=O)OC)C(c2cccc([N+](=O)[O-])c2)C(C(=O)OC)=C1C. The third-order valence-electron chi connectivity index (χ3n) is 6.33. The molecular formula is C26H35N3O10. The molecule has 0 saturated carbocycles. The van der Waals surface area contributed by atoms with Gasteiger partial charge < -0.3 is 29.3 Å². The van der Waals surface area contributed by atoms with Crippen molar-refractivity contribution in [2.75, 3.05) is 53.6 Å². The van der Waals surface area contributed by atoms with Crippen molar-refractivity contribution in [1.82, 2.24) is 9.80 Å². The smallest absolute Gasteiger partial charge is 0.336 e. The Kier molecular flexibility index (Phi) is 11.6. The molecule has 0 amide bonds. The van der Waals surface area contributed by atoms with Gasteiger partial charge in [0.15, 0.2) is 0 Å². The lowest BCUT2D eigenvalue weighted by atomic mass is 9.79. The van der Waals surface area contributed by atoms with Gasteiger partial charge in [-0.1, -0.05) is 12.1 Å². The molecule has 2 N–H and O–H groups in total. The molecule has 0 aromatic heterocycles.